The highest BCUT2D eigenvalue weighted by Gasteiger charge is 2.54. The summed E-state index contributed by atoms with van der Waals surface area (Å²) in [6.45, 7) is -5.73. The van der Waals surface area contributed by atoms with E-state index in [2.05, 4.69) is 29.9 Å². The van der Waals surface area contributed by atoms with E-state index in [1.54, 1.807) is 12.2 Å². The van der Waals surface area contributed by atoms with Crippen molar-refractivity contribution >= 4 is 48.7 Å². The summed E-state index contributed by atoms with van der Waals surface area (Å²) < 4.78 is 92.6. The molecule has 5 aliphatic rings. The van der Waals surface area contributed by atoms with Gasteiger partial charge in [-0.3, -0.25) is 22.7 Å². The van der Waals surface area contributed by atoms with Crippen LogP contribution in [0.5, 0.6) is 11.8 Å². The molecule has 256 valence electrons. The van der Waals surface area contributed by atoms with Crippen molar-refractivity contribution < 1.29 is 60.2 Å². The lowest BCUT2D eigenvalue weighted by molar-refractivity contribution is -0.0624. The monoisotopic (exact) mass is 732 g/mol. The average Bonchev–Trinajstić information content (AvgIpc) is 3.81. The number of hydrogen-bond donors (Lipinski definition) is 2. The first-order chi connectivity index (χ1) is 23.1. The van der Waals surface area contributed by atoms with Crippen molar-refractivity contribution in [1.82, 2.24) is 39.0 Å². The number of alkyl halides is 2. The van der Waals surface area contributed by atoms with Crippen molar-refractivity contribution in [2.24, 2.45) is 0 Å². The number of halogens is 2. The zero-order chi connectivity index (χ0) is 33.2. The fraction of sp³-hybridized carbons (Fsp3) is 0.500. The molecule has 0 aromatic carbocycles. The average molecular weight is 733 g/mol. The highest BCUT2D eigenvalue weighted by atomic mass is 32.5. The van der Waals surface area contributed by atoms with Crippen LogP contribution in [0.4, 0.5) is 8.78 Å². The molecule has 9 rings (SSSR count). The van der Waals surface area contributed by atoms with Gasteiger partial charge in [0.15, 0.2) is 47.1 Å². The molecule has 14 bridgehead atoms. The molecule has 0 saturated carbocycles. The third-order valence-electron chi connectivity index (χ3n) is 7.85. The van der Waals surface area contributed by atoms with Crippen molar-refractivity contribution in [3.63, 3.8) is 0 Å². The number of rotatable bonds is 0. The molecule has 4 aromatic heterocycles. The molecule has 48 heavy (non-hydrogen) atoms. The second kappa shape index (κ2) is 12.3. The van der Waals surface area contributed by atoms with Crippen molar-refractivity contribution in [2.75, 3.05) is 26.4 Å². The Morgan fingerprint density at radius 3 is 1.79 bits per heavy atom. The third kappa shape index (κ3) is 5.79. The summed E-state index contributed by atoms with van der Waals surface area (Å²) in [7, 11) is -5.09. The van der Waals surface area contributed by atoms with E-state index in [1.165, 1.54) is 34.4 Å². The molecule has 4 aromatic rings. The number of phosphoric ester groups is 1. The molecule has 0 spiro atoms. The number of fused-ring (bicyclic) bond motifs is 10. The number of nitrogens with zero attached hydrogens (tertiary/aromatic N) is 8. The van der Waals surface area contributed by atoms with Gasteiger partial charge in [0.2, 0.25) is 11.8 Å². The zero-order valence-electron chi connectivity index (χ0n) is 24.1. The smallest absolute Gasteiger partial charge is 0.472 e. The number of imidazole rings is 2. The van der Waals surface area contributed by atoms with E-state index in [4.69, 9.17) is 48.8 Å². The zero-order valence-corrected chi connectivity index (χ0v) is 26.7. The first-order valence-corrected chi connectivity index (χ1v) is 18.3. The molecule has 5 aliphatic heterocycles. The van der Waals surface area contributed by atoms with Crippen LogP contribution in [0.3, 0.4) is 0 Å². The minimum atomic E-state index is -5.09. The van der Waals surface area contributed by atoms with Crippen LogP contribution in [0.15, 0.2) is 37.5 Å². The van der Waals surface area contributed by atoms with Crippen LogP contribution >= 0.6 is 14.5 Å². The Hall–Kier alpha value is -3.14. The normalized spacial score (nSPS) is 38.0. The van der Waals surface area contributed by atoms with Gasteiger partial charge in [-0.1, -0.05) is 0 Å². The Bertz CT molecular complexity index is 1850. The Kier molecular flexibility index (Phi) is 8.24. The van der Waals surface area contributed by atoms with Crippen molar-refractivity contribution in [2.45, 2.75) is 49.2 Å². The van der Waals surface area contributed by atoms with Gasteiger partial charge in [0.25, 0.3) is 0 Å². The number of aromatic nitrogens is 8. The van der Waals surface area contributed by atoms with Crippen LogP contribution in [0.25, 0.3) is 22.3 Å². The molecule has 3 saturated heterocycles. The first kappa shape index (κ1) is 32.1. The van der Waals surface area contributed by atoms with Gasteiger partial charge in [-0.25, -0.2) is 33.3 Å². The summed E-state index contributed by atoms with van der Waals surface area (Å²) in [5.74, 6) is 0.162. The van der Waals surface area contributed by atoms with Crippen LogP contribution in [0.2, 0.25) is 0 Å². The van der Waals surface area contributed by atoms with E-state index in [0.717, 1.165) is 0 Å². The minimum absolute atomic E-state index is 0.0390. The molecular formula is C24H24F2N8O11P2S. The molecule has 0 radical (unpaired) electrons. The Morgan fingerprint density at radius 2 is 1.25 bits per heavy atom. The maximum absolute atomic E-state index is 16.2. The lowest BCUT2D eigenvalue weighted by Crippen LogP contribution is -2.37. The minimum Gasteiger partial charge on any atom is -0.472 e. The lowest BCUT2D eigenvalue weighted by atomic mass is 10.1. The van der Waals surface area contributed by atoms with Crippen LogP contribution in [0, 0.1) is 0 Å². The number of hydrogen-bond acceptors (Lipinski definition) is 16. The summed E-state index contributed by atoms with van der Waals surface area (Å²) in [5.41, 5.74) is 0.552. The van der Waals surface area contributed by atoms with Crippen molar-refractivity contribution in [3.05, 3.63) is 37.5 Å². The second-order valence-corrected chi connectivity index (χ2v) is 15.0. The van der Waals surface area contributed by atoms with Gasteiger partial charge >= 0.3 is 14.5 Å². The fourth-order valence-electron chi connectivity index (χ4n) is 5.69. The SMILES string of the molecule is O=P1(O)OC[C@H]2OC3[C@H](F)[C@@H]2OP(O)(=S)OC[C@H]2O[C@H]([C@H](F)[C@@H]2O1)n1cnc2c(ncnc21)OC/C=C/COc1ncnc2c1ncn23. The van der Waals surface area contributed by atoms with E-state index < -0.39 is 77.0 Å². The summed E-state index contributed by atoms with van der Waals surface area (Å²) in [6, 6.07) is 0. The largest absolute Gasteiger partial charge is 0.472 e. The highest BCUT2D eigenvalue weighted by Crippen LogP contribution is 2.54. The van der Waals surface area contributed by atoms with Gasteiger partial charge in [-0.2, -0.15) is 9.97 Å². The Labute approximate surface area is 272 Å². The van der Waals surface area contributed by atoms with Gasteiger partial charge in [-0.15, -0.1) is 0 Å². The molecule has 0 aliphatic carbocycles. The maximum atomic E-state index is 16.2. The molecule has 3 unspecified atom stereocenters. The van der Waals surface area contributed by atoms with Crippen LogP contribution in [-0.4, -0.2) is 112 Å². The highest BCUT2D eigenvalue weighted by molar-refractivity contribution is 8.07. The predicted octanol–water partition coefficient (Wildman–Crippen LogP) is 1.60. The first-order valence-electron chi connectivity index (χ1n) is 14.2. The summed E-state index contributed by atoms with van der Waals surface area (Å²) in [6.07, 6.45) is -5.47. The second-order valence-electron chi connectivity index (χ2n) is 10.8. The molecular weight excluding hydrogens is 708 g/mol. The summed E-state index contributed by atoms with van der Waals surface area (Å²) >= 11 is 5.17. The van der Waals surface area contributed by atoms with E-state index in [0.29, 0.717) is 0 Å². The van der Waals surface area contributed by atoms with Gasteiger partial charge < -0.3 is 33.3 Å². The third-order valence-corrected chi connectivity index (χ3v) is 10.4. The topological polar surface area (TPSA) is 219 Å². The molecule has 2 N–H and O–H groups in total. The molecule has 19 nitrogen and oxygen atoms in total. The van der Waals surface area contributed by atoms with Crippen LogP contribution < -0.4 is 9.47 Å². The summed E-state index contributed by atoms with van der Waals surface area (Å²) in [5, 5.41) is 0. The lowest BCUT2D eigenvalue weighted by Gasteiger charge is -2.28. The molecule has 0 amide bonds. The Balaban J connectivity index is 1.21. The number of ether oxygens (including phenoxy) is 4. The van der Waals surface area contributed by atoms with E-state index in [-0.39, 0.29) is 47.3 Å². The van der Waals surface area contributed by atoms with Crippen molar-refractivity contribution in [3.8, 4) is 11.8 Å². The van der Waals surface area contributed by atoms with Gasteiger partial charge in [0.1, 0.15) is 50.3 Å². The van der Waals surface area contributed by atoms with Gasteiger partial charge in [-0.05, 0) is 24.0 Å². The predicted molar refractivity (Wildman–Crippen MR) is 156 cm³/mol. The van der Waals surface area contributed by atoms with Crippen molar-refractivity contribution in [1.29, 1.82) is 0 Å². The van der Waals surface area contributed by atoms with Crippen LogP contribution in [-0.2, 0) is 43.9 Å². The van der Waals surface area contributed by atoms with E-state index in [1.807, 2.05) is 0 Å². The molecule has 24 heteroatoms. The molecule has 10 atom stereocenters. The maximum Gasteiger partial charge on any atom is 0.472 e. The van der Waals surface area contributed by atoms with E-state index >= 15 is 8.78 Å². The molecule has 9 heterocycles. The number of phosphoric acid groups is 1. The van der Waals surface area contributed by atoms with E-state index in [9.17, 15) is 14.4 Å². The van der Waals surface area contributed by atoms with Gasteiger partial charge in [0.05, 0.1) is 25.9 Å². The van der Waals surface area contributed by atoms with Gasteiger partial charge in [0, 0.05) is 0 Å². The summed E-state index contributed by atoms with van der Waals surface area (Å²) in [4.78, 5) is 46.8. The standard InChI is InChI=1S/C24H24F2N8O11P2S/c25-13-17-12-6-41-47(37,48)45-18-11(5-40-46(35,36)44-17)42-24(14(18)26)34-10-32-16-20(34)28-8-30-22(16)39-4-2-1-3-38-21-15-19(27-7-29-21)33(9-31-15)23(13)43-12/h1-2,7-14,17-18,23-24H,3-6H2,(H,35,36)(H,37,48)/b2-1+/t11-,12-,13-,14-,17-,18-,23-,24?,47?/m1/s1. The Morgan fingerprint density at radius 1 is 0.750 bits per heavy atom. The quantitative estimate of drug-likeness (QED) is 0.194. The molecule has 3 fully saturated rings. The fourth-order valence-corrected chi connectivity index (χ4v) is 8.09. The van der Waals surface area contributed by atoms with Crippen LogP contribution in [0.1, 0.15) is 12.5 Å².